The lowest BCUT2D eigenvalue weighted by atomic mass is 9.95. The molecule has 1 aliphatic rings. The third-order valence-corrected chi connectivity index (χ3v) is 2.05. The van der Waals surface area contributed by atoms with Crippen LogP contribution in [-0.2, 0) is 12.8 Å². The Morgan fingerprint density at radius 3 is 3.36 bits per heavy atom. The smallest absolute Gasteiger partial charge is 0.115 e. The SMILES string of the molecule is O[C@H]1CCc2ncncc2C1. The quantitative estimate of drug-likeness (QED) is 0.579. The third-order valence-electron chi connectivity index (χ3n) is 2.05. The van der Waals surface area contributed by atoms with Crippen molar-refractivity contribution in [1.82, 2.24) is 9.97 Å². The maximum atomic E-state index is 9.30. The molecule has 1 atom stereocenters. The molecule has 1 N–H and O–H groups in total. The second kappa shape index (κ2) is 2.58. The molecule has 1 aromatic rings. The Morgan fingerprint density at radius 1 is 1.55 bits per heavy atom. The van der Waals surface area contributed by atoms with Gasteiger partial charge in [-0.15, -0.1) is 0 Å². The standard InChI is InChI=1S/C8H10N2O/c11-7-1-2-8-6(3-7)4-9-5-10-8/h4-5,7,11H,1-3H2/t7-/m0/s1. The van der Waals surface area contributed by atoms with Crippen molar-refractivity contribution >= 4 is 0 Å². The Bertz CT molecular complexity index is 262. The lowest BCUT2D eigenvalue weighted by molar-refractivity contribution is 0.157. The highest BCUT2D eigenvalue weighted by Crippen LogP contribution is 2.17. The molecule has 1 aliphatic carbocycles. The Kier molecular flexibility index (Phi) is 1.58. The molecular weight excluding hydrogens is 140 g/mol. The minimum atomic E-state index is -0.187. The average molecular weight is 150 g/mol. The molecule has 0 amide bonds. The molecule has 0 fully saturated rings. The molecule has 0 unspecified atom stereocenters. The van der Waals surface area contributed by atoms with Gasteiger partial charge in [-0.3, -0.25) is 0 Å². The van der Waals surface area contributed by atoms with Crippen molar-refractivity contribution in [2.24, 2.45) is 0 Å². The van der Waals surface area contributed by atoms with Crippen LogP contribution >= 0.6 is 0 Å². The van der Waals surface area contributed by atoms with Crippen LogP contribution in [-0.4, -0.2) is 21.2 Å². The van der Waals surface area contributed by atoms with Crippen LogP contribution in [0.5, 0.6) is 0 Å². The summed E-state index contributed by atoms with van der Waals surface area (Å²) < 4.78 is 0. The fourth-order valence-electron chi connectivity index (χ4n) is 1.44. The zero-order valence-electron chi connectivity index (χ0n) is 6.20. The van der Waals surface area contributed by atoms with Crippen molar-refractivity contribution in [2.75, 3.05) is 0 Å². The van der Waals surface area contributed by atoms with E-state index in [1.165, 1.54) is 0 Å². The van der Waals surface area contributed by atoms with E-state index < -0.39 is 0 Å². The molecule has 58 valence electrons. The summed E-state index contributed by atoms with van der Waals surface area (Å²) in [7, 11) is 0. The fraction of sp³-hybridized carbons (Fsp3) is 0.500. The number of hydrogen-bond donors (Lipinski definition) is 1. The number of aromatic nitrogens is 2. The van der Waals surface area contributed by atoms with E-state index in [9.17, 15) is 5.11 Å². The third kappa shape index (κ3) is 1.24. The topological polar surface area (TPSA) is 46.0 Å². The summed E-state index contributed by atoms with van der Waals surface area (Å²) >= 11 is 0. The van der Waals surface area contributed by atoms with E-state index >= 15 is 0 Å². The summed E-state index contributed by atoms with van der Waals surface area (Å²) in [6.07, 6.45) is 5.62. The van der Waals surface area contributed by atoms with Gasteiger partial charge in [-0.25, -0.2) is 9.97 Å². The summed E-state index contributed by atoms with van der Waals surface area (Å²) in [4.78, 5) is 8.04. The van der Waals surface area contributed by atoms with Gasteiger partial charge in [0.2, 0.25) is 0 Å². The molecule has 0 bridgehead atoms. The monoisotopic (exact) mass is 150 g/mol. The average Bonchev–Trinajstić information content (AvgIpc) is 2.04. The maximum absolute atomic E-state index is 9.30. The molecule has 1 heterocycles. The van der Waals surface area contributed by atoms with Crippen molar-refractivity contribution in [3.05, 3.63) is 23.8 Å². The number of aryl methyl sites for hydroxylation is 1. The predicted molar refractivity (Wildman–Crippen MR) is 40.1 cm³/mol. The highest BCUT2D eigenvalue weighted by Gasteiger charge is 2.16. The normalized spacial score (nSPS) is 22.8. The maximum Gasteiger partial charge on any atom is 0.115 e. The second-order valence-corrected chi connectivity index (χ2v) is 2.89. The lowest BCUT2D eigenvalue weighted by Gasteiger charge is -2.18. The van der Waals surface area contributed by atoms with Crippen LogP contribution in [0.1, 0.15) is 17.7 Å². The first-order chi connectivity index (χ1) is 5.36. The molecule has 3 heteroatoms. The first kappa shape index (κ1) is 6.73. The summed E-state index contributed by atoms with van der Waals surface area (Å²) in [5.41, 5.74) is 2.21. The van der Waals surface area contributed by atoms with Crippen LogP contribution in [0.2, 0.25) is 0 Å². The van der Waals surface area contributed by atoms with Gasteiger partial charge < -0.3 is 5.11 Å². The van der Waals surface area contributed by atoms with Crippen LogP contribution in [0, 0.1) is 0 Å². The Hall–Kier alpha value is -0.960. The minimum Gasteiger partial charge on any atom is -0.393 e. The van der Waals surface area contributed by atoms with E-state index in [1.807, 2.05) is 0 Å². The van der Waals surface area contributed by atoms with Crippen molar-refractivity contribution < 1.29 is 5.11 Å². The molecule has 0 spiro atoms. The van der Waals surface area contributed by atoms with E-state index in [-0.39, 0.29) is 6.10 Å². The largest absolute Gasteiger partial charge is 0.393 e. The summed E-state index contributed by atoms with van der Waals surface area (Å²) in [6, 6.07) is 0. The van der Waals surface area contributed by atoms with Gasteiger partial charge in [-0.1, -0.05) is 0 Å². The van der Waals surface area contributed by atoms with Gasteiger partial charge in [0.1, 0.15) is 6.33 Å². The van der Waals surface area contributed by atoms with Gasteiger partial charge in [0, 0.05) is 18.3 Å². The van der Waals surface area contributed by atoms with Crippen LogP contribution in [0.25, 0.3) is 0 Å². The molecule has 3 nitrogen and oxygen atoms in total. The second-order valence-electron chi connectivity index (χ2n) is 2.89. The number of aliphatic hydroxyl groups excluding tert-OH is 1. The van der Waals surface area contributed by atoms with Crippen LogP contribution in [0.4, 0.5) is 0 Å². The van der Waals surface area contributed by atoms with Gasteiger partial charge in [0.25, 0.3) is 0 Å². The van der Waals surface area contributed by atoms with Crippen molar-refractivity contribution in [2.45, 2.75) is 25.4 Å². The van der Waals surface area contributed by atoms with E-state index in [0.717, 1.165) is 30.5 Å². The summed E-state index contributed by atoms with van der Waals surface area (Å²) in [5.74, 6) is 0. The Balaban J connectivity index is 2.34. The molecule has 1 aromatic heterocycles. The number of aliphatic hydroxyl groups is 1. The molecular formula is C8H10N2O. The van der Waals surface area contributed by atoms with Crippen molar-refractivity contribution in [3.8, 4) is 0 Å². The van der Waals surface area contributed by atoms with Crippen molar-refractivity contribution in [3.63, 3.8) is 0 Å². The first-order valence-electron chi connectivity index (χ1n) is 3.82. The van der Waals surface area contributed by atoms with Crippen LogP contribution in [0.15, 0.2) is 12.5 Å². The number of hydrogen-bond acceptors (Lipinski definition) is 3. The predicted octanol–water partition coefficient (Wildman–Crippen LogP) is 0.326. The highest BCUT2D eigenvalue weighted by atomic mass is 16.3. The molecule has 0 aliphatic heterocycles. The number of fused-ring (bicyclic) bond motifs is 1. The molecule has 2 rings (SSSR count). The van der Waals surface area contributed by atoms with Crippen molar-refractivity contribution in [1.29, 1.82) is 0 Å². The van der Waals surface area contributed by atoms with Gasteiger partial charge in [-0.2, -0.15) is 0 Å². The van der Waals surface area contributed by atoms with Gasteiger partial charge in [0.05, 0.1) is 6.10 Å². The Morgan fingerprint density at radius 2 is 2.45 bits per heavy atom. The van der Waals surface area contributed by atoms with E-state index in [2.05, 4.69) is 9.97 Å². The fourth-order valence-corrected chi connectivity index (χ4v) is 1.44. The molecule has 11 heavy (non-hydrogen) atoms. The van der Waals surface area contributed by atoms with E-state index in [0.29, 0.717) is 0 Å². The van der Waals surface area contributed by atoms with E-state index in [4.69, 9.17) is 0 Å². The molecule has 0 saturated carbocycles. The molecule has 0 radical (unpaired) electrons. The first-order valence-corrected chi connectivity index (χ1v) is 3.82. The number of rotatable bonds is 0. The lowest BCUT2D eigenvalue weighted by Crippen LogP contribution is -2.19. The van der Waals surface area contributed by atoms with Gasteiger partial charge in [0.15, 0.2) is 0 Å². The summed E-state index contributed by atoms with van der Waals surface area (Å²) in [6.45, 7) is 0. The van der Waals surface area contributed by atoms with Crippen LogP contribution < -0.4 is 0 Å². The van der Waals surface area contributed by atoms with Gasteiger partial charge in [-0.05, 0) is 18.4 Å². The zero-order valence-corrected chi connectivity index (χ0v) is 6.20. The molecule has 0 saturated heterocycles. The van der Waals surface area contributed by atoms with Crippen LogP contribution in [0.3, 0.4) is 0 Å². The zero-order chi connectivity index (χ0) is 7.68. The van der Waals surface area contributed by atoms with E-state index in [1.54, 1.807) is 12.5 Å². The highest BCUT2D eigenvalue weighted by molar-refractivity contribution is 5.19. The molecule has 0 aromatic carbocycles. The van der Waals surface area contributed by atoms with Gasteiger partial charge >= 0.3 is 0 Å². The number of nitrogens with zero attached hydrogens (tertiary/aromatic N) is 2. The summed E-state index contributed by atoms with van der Waals surface area (Å²) in [5, 5.41) is 9.30. The Labute approximate surface area is 65.1 Å². The minimum absolute atomic E-state index is 0.187.